The van der Waals surface area contributed by atoms with Gasteiger partial charge in [0.15, 0.2) is 0 Å². The molecule has 0 spiro atoms. The maximum atomic E-state index is 10.6. The third kappa shape index (κ3) is 4.37. The molecular formula is C10H15N5O4. The van der Waals surface area contributed by atoms with E-state index < -0.39 is 16.4 Å². The summed E-state index contributed by atoms with van der Waals surface area (Å²) < 4.78 is 0. The molecule has 0 unspecified atom stereocenters. The molecule has 1 rings (SSSR count). The molecule has 9 heteroatoms. The van der Waals surface area contributed by atoms with Gasteiger partial charge >= 0.3 is 11.7 Å². The molecule has 0 fully saturated rings. The second-order valence-corrected chi connectivity index (χ2v) is 4.62. The van der Waals surface area contributed by atoms with Crippen LogP contribution in [0.2, 0.25) is 0 Å². The quantitative estimate of drug-likeness (QED) is 0.512. The zero-order chi connectivity index (χ0) is 14.6. The van der Waals surface area contributed by atoms with Gasteiger partial charge in [-0.1, -0.05) is 0 Å². The number of anilines is 2. The van der Waals surface area contributed by atoms with E-state index in [1.165, 1.54) is 0 Å². The number of hydrogen-bond donors (Lipinski definition) is 3. The highest BCUT2D eigenvalue weighted by molar-refractivity contribution is 5.66. The molecule has 0 saturated carbocycles. The standard InChI is InChI=1S/C10H15N5O4/c1-10(2,4-3-7(16)17)14-9-12-5-6(15(18)19)8(11)13-9/h5H,3-4H2,1-2H3,(H,16,17)(H3,11,12,13,14). The van der Waals surface area contributed by atoms with Crippen molar-refractivity contribution in [1.82, 2.24) is 9.97 Å². The Balaban J connectivity index is 2.79. The van der Waals surface area contributed by atoms with Crippen molar-refractivity contribution in [2.45, 2.75) is 32.2 Å². The lowest BCUT2D eigenvalue weighted by atomic mass is 9.99. The van der Waals surface area contributed by atoms with Crippen LogP contribution >= 0.6 is 0 Å². The van der Waals surface area contributed by atoms with E-state index in [-0.39, 0.29) is 23.9 Å². The molecule has 1 aromatic rings. The molecule has 0 bridgehead atoms. The van der Waals surface area contributed by atoms with Crippen molar-refractivity contribution in [2.24, 2.45) is 0 Å². The van der Waals surface area contributed by atoms with Crippen LogP contribution in [0.15, 0.2) is 6.20 Å². The first kappa shape index (κ1) is 14.6. The number of carboxylic acids is 1. The Hall–Kier alpha value is -2.45. The molecular weight excluding hydrogens is 254 g/mol. The molecule has 1 aromatic heterocycles. The van der Waals surface area contributed by atoms with Crippen molar-refractivity contribution in [3.05, 3.63) is 16.3 Å². The molecule has 19 heavy (non-hydrogen) atoms. The molecule has 0 saturated heterocycles. The van der Waals surface area contributed by atoms with Gasteiger partial charge in [-0.2, -0.15) is 4.98 Å². The van der Waals surface area contributed by atoms with Gasteiger partial charge in [-0.05, 0) is 20.3 Å². The fourth-order valence-corrected chi connectivity index (χ4v) is 1.37. The molecule has 4 N–H and O–H groups in total. The van der Waals surface area contributed by atoms with Crippen LogP contribution < -0.4 is 11.1 Å². The van der Waals surface area contributed by atoms with Crippen molar-refractivity contribution in [3.8, 4) is 0 Å². The van der Waals surface area contributed by atoms with E-state index in [2.05, 4.69) is 15.3 Å². The van der Waals surface area contributed by atoms with Crippen molar-refractivity contribution in [3.63, 3.8) is 0 Å². The highest BCUT2D eigenvalue weighted by Crippen LogP contribution is 2.21. The van der Waals surface area contributed by atoms with Crippen LogP contribution in [-0.2, 0) is 4.79 Å². The summed E-state index contributed by atoms with van der Waals surface area (Å²) in [6.07, 6.45) is 1.35. The van der Waals surface area contributed by atoms with Gasteiger partial charge in [0.2, 0.25) is 11.8 Å². The number of nitrogen functional groups attached to an aromatic ring is 1. The molecule has 0 radical (unpaired) electrons. The lowest BCUT2D eigenvalue weighted by Crippen LogP contribution is -2.32. The van der Waals surface area contributed by atoms with Crippen LogP contribution in [0.1, 0.15) is 26.7 Å². The summed E-state index contributed by atoms with van der Waals surface area (Å²) in [4.78, 5) is 28.0. The number of carbonyl (C=O) groups is 1. The zero-order valence-corrected chi connectivity index (χ0v) is 10.6. The molecule has 0 amide bonds. The molecule has 0 aromatic carbocycles. The maximum absolute atomic E-state index is 10.6. The number of hydrogen-bond acceptors (Lipinski definition) is 7. The van der Waals surface area contributed by atoms with Gasteiger partial charge in [-0.3, -0.25) is 14.9 Å². The normalized spacial score (nSPS) is 11.1. The lowest BCUT2D eigenvalue weighted by Gasteiger charge is -2.25. The lowest BCUT2D eigenvalue weighted by molar-refractivity contribution is -0.384. The topological polar surface area (TPSA) is 144 Å². The summed E-state index contributed by atoms with van der Waals surface area (Å²) in [5.74, 6) is -1.02. The zero-order valence-electron chi connectivity index (χ0n) is 10.6. The van der Waals surface area contributed by atoms with Gasteiger partial charge in [-0.25, -0.2) is 4.98 Å². The van der Waals surface area contributed by atoms with Gasteiger partial charge in [0.25, 0.3) is 0 Å². The SMILES string of the molecule is CC(C)(CCC(=O)O)Nc1ncc([N+](=O)[O-])c(N)n1. The monoisotopic (exact) mass is 269 g/mol. The molecule has 0 aliphatic heterocycles. The smallest absolute Gasteiger partial charge is 0.329 e. The number of aromatic nitrogens is 2. The third-order valence-electron chi connectivity index (χ3n) is 2.41. The van der Waals surface area contributed by atoms with Gasteiger partial charge < -0.3 is 16.2 Å². The number of nitrogens with one attached hydrogen (secondary N) is 1. The number of carboxylic acid groups (broad SMARTS) is 1. The van der Waals surface area contributed by atoms with Gasteiger partial charge in [0.05, 0.1) is 4.92 Å². The van der Waals surface area contributed by atoms with Crippen molar-refractivity contribution in [2.75, 3.05) is 11.1 Å². The Bertz CT molecular complexity index is 503. The van der Waals surface area contributed by atoms with E-state index in [1.807, 2.05) is 0 Å². The number of nitrogens with zero attached hydrogens (tertiary/aromatic N) is 3. The highest BCUT2D eigenvalue weighted by atomic mass is 16.6. The number of aliphatic carboxylic acids is 1. The van der Waals surface area contributed by atoms with E-state index in [1.54, 1.807) is 13.8 Å². The average molecular weight is 269 g/mol. The van der Waals surface area contributed by atoms with Crippen LogP contribution in [0.25, 0.3) is 0 Å². The van der Waals surface area contributed by atoms with E-state index in [4.69, 9.17) is 10.8 Å². The Labute approximate surface area is 109 Å². The van der Waals surface area contributed by atoms with E-state index in [0.29, 0.717) is 6.42 Å². The molecule has 1 heterocycles. The second kappa shape index (κ2) is 5.46. The molecule has 9 nitrogen and oxygen atoms in total. The first-order valence-electron chi connectivity index (χ1n) is 5.48. The van der Waals surface area contributed by atoms with Gasteiger partial charge in [-0.15, -0.1) is 0 Å². The Morgan fingerprint density at radius 3 is 2.74 bits per heavy atom. The maximum Gasteiger partial charge on any atom is 0.329 e. The summed E-state index contributed by atoms with van der Waals surface area (Å²) in [5.41, 5.74) is 4.50. The first-order chi connectivity index (χ1) is 8.71. The third-order valence-corrected chi connectivity index (χ3v) is 2.41. The predicted octanol–water partition coefficient (Wildman–Crippen LogP) is 1.02. The van der Waals surface area contributed by atoms with Gasteiger partial charge in [0.1, 0.15) is 6.20 Å². The predicted molar refractivity (Wildman–Crippen MR) is 67.7 cm³/mol. The Morgan fingerprint density at radius 1 is 1.63 bits per heavy atom. The minimum Gasteiger partial charge on any atom is -0.481 e. The molecule has 0 aliphatic rings. The fourth-order valence-electron chi connectivity index (χ4n) is 1.37. The summed E-state index contributed by atoms with van der Waals surface area (Å²) in [5, 5.41) is 22.1. The summed E-state index contributed by atoms with van der Waals surface area (Å²) in [7, 11) is 0. The van der Waals surface area contributed by atoms with Gasteiger partial charge in [0, 0.05) is 12.0 Å². The van der Waals surface area contributed by atoms with Crippen LogP contribution in [0.3, 0.4) is 0 Å². The van der Waals surface area contributed by atoms with Crippen LogP contribution in [-0.4, -0.2) is 31.5 Å². The minimum atomic E-state index is -0.904. The van der Waals surface area contributed by atoms with Crippen molar-refractivity contribution in [1.29, 1.82) is 0 Å². The van der Waals surface area contributed by atoms with Crippen molar-refractivity contribution >= 4 is 23.4 Å². The molecule has 0 aliphatic carbocycles. The Kier molecular flexibility index (Phi) is 4.20. The minimum absolute atomic E-state index is 0.0114. The number of rotatable bonds is 6. The summed E-state index contributed by atoms with van der Waals surface area (Å²) >= 11 is 0. The van der Waals surface area contributed by atoms with E-state index in [0.717, 1.165) is 6.20 Å². The van der Waals surface area contributed by atoms with E-state index in [9.17, 15) is 14.9 Å². The fraction of sp³-hybridized carbons (Fsp3) is 0.500. The highest BCUT2D eigenvalue weighted by Gasteiger charge is 2.21. The largest absolute Gasteiger partial charge is 0.481 e. The van der Waals surface area contributed by atoms with Crippen molar-refractivity contribution < 1.29 is 14.8 Å². The van der Waals surface area contributed by atoms with E-state index >= 15 is 0 Å². The second-order valence-electron chi connectivity index (χ2n) is 4.62. The van der Waals surface area contributed by atoms with Crippen LogP contribution in [0.5, 0.6) is 0 Å². The molecule has 104 valence electrons. The van der Waals surface area contributed by atoms with Crippen LogP contribution in [0.4, 0.5) is 17.5 Å². The summed E-state index contributed by atoms with van der Waals surface area (Å²) in [6, 6.07) is 0. The average Bonchev–Trinajstić information content (AvgIpc) is 2.25. The van der Waals surface area contributed by atoms with Crippen LogP contribution in [0, 0.1) is 10.1 Å². The summed E-state index contributed by atoms with van der Waals surface area (Å²) in [6.45, 7) is 3.55. The molecule has 0 atom stereocenters. The number of nitro groups is 1. The Morgan fingerprint density at radius 2 is 2.26 bits per heavy atom. The first-order valence-corrected chi connectivity index (χ1v) is 5.48. The number of nitrogens with two attached hydrogens (primary N) is 1.